The summed E-state index contributed by atoms with van der Waals surface area (Å²) in [7, 11) is 1.67. The average molecular weight is 289 g/mol. The Morgan fingerprint density at radius 3 is 2.81 bits per heavy atom. The predicted octanol–water partition coefficient (Wildman–Crippen LogP) is 0.161. The van der Waals surface area contributed by atoms with E-state index < -0.39 is 5.91 Å². The molecule has 0 radical (unpaired) electrons. The molecule has 0 aliphatic heterocycles. The van der Waals surface area contributed by atoms with Crippen molar-refractivity contribution in [2.45, 2.75) is 13.1 Å². The van der Waals surface area contributed by atoms with Crippen molar-refractivity contribution in [3.8, 4) is 0 Å². The number of carbonyl (C=O) groups excluding carboxylic acids is 1. The third kappa shape index (κ3) is 4.66. The van der Waals surface area contributed by atoms with Crippen molar-refractivity contribution in [1.82, 2.24) is 20.3 Å². The summed E-state index contributed by atoms with van der Waals surface area (Å²) in [6.45, 7) is 2.70. The van der Waals surface area contributed by atoms with Gasteiger partial charge in [-0.15, -0.1) is 5.10 Å². The van der Waals surface area contributed by atoms with Gasteiger partial charge in [-0.2, -0.15) is 0 Å². The quantitative estimate of drug-likeness (QED) is 0.675. The van der Waals surface area contributed by atoms with Crippen molar-refractivity contribution in [3.05, 3.63) is 47.3 Å². The summed E-state index contributed by atoms with van der Waals surface area (Å²) >= 11 is 0. The summed E-state index contributed by atoms with van der Waals surface area (Å²) in [5, 5.41) is 11.4. The minimum absolute atomic E-state index is 0.424. The standard InChI is InChI=1S/C14H19N5O2/c1-21-7-6-16-8-13-10-19(18-17-13)9-11-2-4-12(5-3-11)14(15)20/h2-5,10,16H,6-9H2,1H3,(H2,15,20). The number of aromatic nitrogens is 3. The topological polar surface area (TPSA) is 95.1 Å². The van der Waals surface area contributed by atoms with Crippen LogP contribution in [0.15, 0.2) is 30.5 Å². The minimum Gasteiger partial charge on any atom is -0.383 e. The highest BCUT2D eigenvalue weighted by atomic mass is 16.5. The van der Waals surface area contributed by atoms with E-state index in [0.717, 1.165) is 17.8 Å². The average Bonchev–Trinajstić information content (AvgIpc) is 2.92. The molecule has 0 fully saturated rings. The maximum absolute atomic E-state index is 11.0. The lowest BCUT2D eigenvalue weighted by atomic mass is 10.1. The summed E-state index contributed by atoms with van der Waals surface area (Å²) < 4.78 is 6.71. The lowest BCUT2D eigenvalue weighted by Gasteiger charge is -2.02. The summed E-state index contributed by atoms with van der Waals surface area (Å²) in [4.78, 5) is 11.0. The lowest BCUT2D eigenvalue weighted by Crippen LogP contribution is -2.18. The van der Waals surface area contributed by atoms with Gasteiger partial charge in [-0.1, -0.05) is 17.3 Å². The van der Waals surface area contributed by atoms with Crippen LogP contribution in [-0.2, 0) is 17.8 Å². The van der Waals surface area contributed by atoms with E-state index in [1.54, 1.807) is 23.9 Å². The Bertz CT molecular complexity index is 579. The second-order valence-electron chi connectivity index (χ2n) is 4.64. The van der Waals surface area contributed by atoms with Gasteiger partial charge >= 0.3 is 0 Å². The predicted molar refractivity (Wildman–Crippen MR) is 77.7 cm³/mol. The number of primary amides is 1. The van der Waals surface area contributed by atoms with Crippen molar-refractivity contribution in [3.63, 3.8) is 0 Å². The lowest BCUT2D eigenvalue weighted by molar-refractivity contribution is 0.100. The molecule has 2 aromatic rings. The smallest absolute Gasteiger partial charge is 0.248 e. The largest absolute Gasteiger partial charge is 0.383 e. The fourth-order valence-corrected chi connectivity index (χ4v) is 1.85. The summed E-state index contributed by atoms with van der Waals surface area (Å²) in [5.41, 5.74) is 7.61. The van der Waals surface area contributed by atoms with Crippen LogP contribution in [0.25, 0.3) is 0 Å². The number of carbonyl (C=O) groups is 1. The van der Waals surface area contributed by atoms with Crippen molar-refractivity contribution >= 4 is 5.91 Å². The van der Waals surface area contributed by atoms with Crippen LogP contribution in [-0.4, -0.2) is 41.2 Å². The molecule has 0 aliphatic carbocycles. The number of benzene rings is 1. The number of nitrogens with two attached hydrogens (primary N) is 1. The molecule has 3 N–H and O–H groups in total. The minimum atomic E-state index is -0.424. The van der Waals surface area contributed by atoms with Gasteiger partial charge in [-0.05, 0) is 17.7 Å². The first kappa shape index (κ1) is 15.1. The first-order valence-corrected chi connectivity index (χ1v) is 6.66. The molecule has 0 spiro atoms. The summed E-state index contributed by atoms with van der Waals surface area (Å²) in [6.07, 6.45) is 1.89. The SMILES string of the molecule is COCCNCc1cn(Cc2ccc(C(N)=O)cc2)nn1. The van der Waals surface area contributed by atoms with E-state index in [9.17, 15) is 4.79 Å². The van der Waals surface area contributed by atoms with Crippen LogP contribution in [0.4, 0.5) is 0 Å². The Labute approximate surface area is 123 Å². The Hall–Kier alpha value is -2.25. The number of methoxy groups -OCH3 is 1. The summed E-state index contributed by atoms with van der Waals surface area (Å²) in [6, 6.07) is 7.14. The molecule has 0 bridgehead atoms. The molecule has 1 amide bonds. The van der Waals surface area contributed by atoms with Gasteiger partial charge in [0.15, 0.2) is 0 Å². The molecular weight excluding hydrogens is 270 g/mol. The van der Waals surface area contributed by atoms with Gasteiger partial charge in [-0.25, -0.2) is 4.68 Å². The van der Waals surface area contributed by atoms with E-state index in [1.165, 1.54) is 0 Å². The van der Waals surface area contributed by atoms with Gasteiger partial charge < -0.3 is 15.8 Å². The van der Waals surface area contributed by atoms with Crippen molar-refractivity contribution in [2.24, 2.45) is 5.73 Å². The van der Waals surface area contributed by atoms with E-state index in [0.29, 0.717) is 25.3 Å². The van der Waals surface area contributed by atoms with Gasteiger partial charge in [0.25, 0.3) is 0 Å². The number of nitrogens with one attached hydrogen (secondary N) is 1. The molecular formula is C14H19N5O2. The van der Waals surface area contributed by atoms with Gasteiger partial charge in [0, 0.05) is 25.8 Å². The zero-order valence-electron chi connectivity index (χ0n) is 12.0. The van der Waals surface area contributed by atoms with Crippen molar-refractivity contribution < 1.29 is 9.53 Å². The molecule has 0 aliphatic rings. The number of amides is 1. The van der Waals surface area contributed by atoms with Gasteiger partial charge in [0.1, 0.15) is 0 Å². The van der Waals surface area contributed by atoms with Gasteiger partial charge in [0.2, 0.25) is 5.91 Å². The maximum atomic E-state index is 11.0. The normalized spacial score (nSPS) is 10.7. The van der Waals surface area contributed by atoms with Crippen LogP contribution in [0, 0.1) is 0 Å². The molecule has 7 heteroatoms. The molecule has 0 unspecified atom stereocenters. The van der Waals surface area contributed by atoms with Crippen LogP contribution >= 0.6 is 0 Å². The highest BCUT2D eigenvalue weighted by Crippen LogP contribution is 2.06. The Morgan fingerprint density at radius 2 is 2.14 bits per heavy atom. The van der Waals surface area contributed by atoms with Crippen LogP contribution in [0.5, 0.6) is 0 Å². The molecule has 112 valence electrons. The van der Waals surface area contributed by atoms with Crippen molar-refractivity contribution in [1.29, 1.82) is 0 Å². The third-order valence-electron chi connectivity index (χ3n) is 2.96. The molecule has 2 rings (SSSR count). The third-order valence-corrected chi connectivity index (χ3v) is 2.96. The second kappa shape index (κ2) is 7.51. The Kier molecular flexibility index (Phi) is 5.42. The molecule has 1 aromatic heterocycles. The Balaban J connectivity index is 1.88. The second-order valence-corrected chi connectivity index (χ2v) is 4.64. The zero-order valence-corrected chi connectivity index (χ0v) is 12.0. The number of nitrogens with zero attached hydrogens (tertiary/aromatic N) is 3. The molecule has 0 saturated carbocycles. The Morgan fingerprint density at radius 1 is 1.38 bits per heavy atom. The number of rotatable bonds is 8. The molecule has 0 atom stereocenters. The highest BCUT2D eigenvalue weighted by molar-refractivity contribution is 5.92. The molecule has 1 aromatic carbocycles. The zero-order chi connectivity index (χ0) is 15.1. The van der Waals surface area contributed by atoms with E-state index in [2.05, 4.69) is 15.6 Å². The van der Waals surface area contributed by atoms with Crippen LogP contribution in [0.3, 0.4) is 0 Å². The fourth-order valence-electron chi connectivity index (χ4n) is 1.85. The maximum Gasteiger partial charge on any atom is 0.248 e. The fraction of sp³-hybridized carbons (Fsp3) is 0.357. The van der Waals surface area contributed by atoms with Gasteiger partial charge in [0.05, 0.1) is 25.0 Å². The monoisotopic (exact) mass is 289 g/mol. The van der Waals surface area contributed by atoms with E-state index >= 15 is 0 Å². The van der Waals surface area contributed by atoms with Crippen molar-refractivity contribution in [2.75, 3.05) is 20.3 Å². The highest BCUT2D eigenvalue weighted by Gasteiger charge is 2.03. The van der Waals surface area contributed by atoms with Gasteiger partial charge in [-0.3, -0.25) is 4.79 Å². The van der Waals surface area contributed by atoms with E-state index in [4.69, 9.17) is 10.5 Å². The molecule has 0 saturated heterocycles. The van der Waals surface area contributed by atoms with Crippen LogP contribution < -0.4 is 11.1 Å². The first-order valence-electron chi connectivity index (χ1n) is 6.66. The number of hydrogen-bond acceptors (Lipinski definition) is 5. The first-order chi connectivity index (χ1) is 10.2. The van der Waals surface area contributed by atoms with Crippen LogP contribution in [0.1, 0.15) is 21.6 Å². The molecule has 1 heterocycles. The number of hydrogen-bond donors (Lipinski definition) is 2. The number of ether oxygens (including phenoxy) is 1. The summed E-state index contributed by atoms with van der Waals surface area (Å²) in [5.74, 6) is -0.424. The van der Waals surface area contributed by atoms with E-state index in [-0.39, 0.29) is 0 Å². The molecule has 7 nitrogen and oxygen atoms in total. The molecule has 21 heavy (non-hydrogen) atoms. The van der Waals surface area contributed by atoms with Crippen LogP contribution in [0.2, 0.25) is 0 Å². The van der Waals surface area contributed by atoms with E-state index in [1.807, 2.05) is 18.3 Å².